The molecule has 0 aliphatic carbocycles. The van der Waals surface area contributed by atoms with Gasteiger partial charge in [0.25, 0.3) is 0 Å². The summed E-state index contributed by atoms with van der Waals surface area (Å²) in [5.41, 5.74) is 0. The quantitative estimate of drug-likeness (QED) is 0.0148. The van der Waals surface area contributed by atoms with Gasteiger partial charge in [0.15, 0.2) is 13.1 Å². The first-order valence-electron chi connectivity index (χ1n) is 28.8. The van der Waals surface area contributed by atoms with Crippen LogP contribution in [0.15, 0.2) is 24.3 Å². The molecule has 0 rings (SSSR count). The van der Waals surface area contributed by atoms with E-state index in [1.165, 1.54) is 13.8 Å². The fraction of sp³-hybridized carbons (Fsp3) is 0.828. The summed E-state index contributed by atoms with van der Waals surface area (Å²) in [5.74, 6) is -1.20. The van der Waals surface area contributed by atoms with Crippen molar-refractivity contribution in [2.45, 2.75) is 232 Å². The number of amides is 2. The number of hydrogen-bond acceptors (Lipinski definition) is 12. The lowest BCUT2D eigenvalue weighted by atomic mass is 10.0. The largest absolute Gasteiger partial charge is 0.460 e. The number of aliphatic hydroxyl groups is 2. The fourth-order valence-electron chi connectivity index (χ4n) is 8.40. The van der Waals surface area contributed by atoms with Crippen LogP contribution in [0.4, 0.5) is 0 Å². The number of nitrogens with zero attached hydrogens (tertiary/aromatic N) is 2. The summed E-state index contributed by atoms with van der Waals surface area (Å²) in [4.78, 5) is 72.4. The van der Waals surface area contributed by atoms with E-state index >= 15 is 0 Å². The number of rotatable bonds is 49. The molecule has 0 saturated carbocycles. The lowest BCUT2D eigenvalue weighted by molar-refractivity contribution is -0.883. The number of hydrogen-bond donors (Lipinski definition) is 4. The molecule has 0 heterocycles. The maximum Gasteiger partial charge on any atom is 0.362 e. The SMILES string of the molecule is CCCCCC(OC(=O)C[N+](C)(C)CCOC(C)=O)C(O)CC=CCCCCCCCC(=O)NCCCCCCNC(=O)CCCCCCCC=CCC(O)C(CCCCC)OC(=O)C[N+](C)(C)CCOC(C)=O. The van der Waals surface area contributed by atoms with Crippen molar-refractivity contribution in [1.82, 2.24) is 10.6 Å². The van der Waals surface area contributed by atoms with E-state index in [2.05, 4.69) is 36.6 Å². The van der Waals surface area contributed by atoms with Gasteiger partial charge in [-0.3, -0.25) is 19.2 Å². The average molecular weight is 1050 g/mol. The molecular weight excluding hydrogens is 945 g/mol. The van der Waals surface area contributed by atoms with Crippen LogP contribution in [-0.2, 0) is 47.7 Å². The Morgan fingerprint density at radius 3 is 1.19 bits per heavy atom. The first-order chi connectivity index (χ1) is 35.3. The minimum Gasteiger partial charge on any atom is -0.460 e. The molecule has 0 aromatic heterocycles. The zero-order valence-electron chi connectivity index (χ0n) is 47.9. The van der Waals surface area contributed by atoms with Gasteiger partial charge in [-0.2, -0.15) is 0 Å². The number of quaternary nitrogens is 2. The third-order valence-corrected chi connectivity index (χ3v) is 13.1. The van der Waals surface area contributed by atoms with Crippen molar-refractivity contribution in [2.75, 3.05) is 80.7 Å². The number of aliphatic hydroxyl groups excluding tert-OH is 2. The highest BCUT2D eigenvalue weighted by atomic mass is 16.6. The van der Waals surface area contributed by atoms with Gasteiger partial charge in [0.2, 0.25) is 11.8 Å². The Balaban J connectivity index is 4.00. The van der Waals surface area contributed by atoms with Gasteiger partial charge >= 0.3 is 23.9 Å². The van der Waals surface area contributed by atoms with E-state index in [1.807, 2.05) is 40.3 Å². The summed E-state index contributed by atoms with van der Waals surface area (Å²) < 4.78 is 22.2. The summed E-state index contributed by atoms with van der Waals surface area (Å²) in [6.07, 6.45) is 30.5. The molecule has 16 nitrogen and oxygen atoms in total. The van der Waals surface area contributed by atoms with E-state index in [4.69, 9.17) is 18.9 Å². The smallest absolute Gasteiger partial charge is 0.362 e. The normalized spacial score (nSPS) is 13.6. The van der Waals surface area contributed by atoms with E-state index in [1.54, 1.807) is 0 Å². The average Bonchev–Trinajstić information content (AvgIpc) is 3.32. The van der Waals surface area contributed by atoms with Crippen LogP contribution in [0.25, 0.3) is 0 Å². The second-order valence-electron chi connectivity index (χ2n) is 21.6. The molecular formula is C58H108N4O12+2. The molecule has 0 fully saturated rings. The molecule has 2 amide bonds. The number of allylic oxidation sites excluding steroid dienone is 2. The number of carbonyl (C=O) groups is 6. The van der Waals surface area contributed by atoms with Gasteiger partial charge in [0, 0.05) is 39.8 Å². The van der Waals surface area contributed by atoms with Crippen LogP contribution >= 0.6 is 0 Å². The molecule has 4 atom stereocenters. The lowest BCUT2D eigenvalue weighted by Crippen LogP contribution is -2.47. The Morgan fingerprint density at radius 2 is 0.824 bits per heavy atom. The Labute approximate surface area is 448 Å². The fourth-order valence-corrected chi connectivity index (χ4v) is 8.40. The van der Waals surface area contributed by atoms with Crippen molar-refractivity contribution in [2.24, 2.45) is 0 Å². The summed E-state index contributed by atoms with van der Waals surface area (Å²) >= 11 is 0. The lowest BCUT2D eigenvalue weighted by Gasteiger charge is -2.30. The van der Waals surface area contributed by atoms with Crippen molar-refractivity contribution in [3.63, 3.8) is 0 Å². The van der Waals surface area contributed by atoms with Gasteiger partial charge in [-0.1, -0.05) is 115 Å². The van der Waals surface area contributed by atoms with E-state index in [0.29, 0.717) is 73.7 Å². The highest BCUT2D eigenvalue weighted by Gasteiger charge is 2.29. The molecule has 0 aliphatic rings. The van der Waals surface area contributed by atoms with E-state index in [0.717, 1.165) is 141 Å². The Hall–Kier alpha value is -3.86. The summed E-state index contributed by atoms with van der Waals surface area (Å²) in [6, 6.07) is 0. The standard InChI is InChI=1S/C58H106N4O12/c1-9-11-27-37-53(73-57(69)47-61(5,6)43-45-71-49(3)63)51(65)35-29-21-17-13-15-19-23-31-39-55(67)59-41-33-25-26-34-42-60-56(68)40-32-24-20-16-14-18-22-30-36-52(66)54(38-28-12-10-2)74-58(70)48-62(7,8)44-46-72-50(4)64/h21-22,29-30,51-54,65-66H,9-20,23-28,31-48H2,1-8H3/p+2. The maximum absolute atomic E-state index is 12.8. The molecule has 0 spiro atoms. The molecule has 16 heteroatoms. The maximum atomic E-state index is 12.8. The van der Waals surface area contributed by atoms with Crippen LogP contribution in [0.5, 0.6) is 0 Å². The van der Waals surface area contributed by atoms with Crippen molar-refractivity contribution >= 4 is 35.7 Å². The van der Waals surface area contributed by atoms with E-state index in [9.17, 15) is 39.0 Å². The molecule has 0 aliphatic heterocycles. The number of unbranched alkanes of at least 4 members (excludes halogenated alkanes) is 17. The van der Waals surface area contributed by atoms with Crippen molar-refractivity contribution in [3.8, 4) is 0 Å². The molecule has 4 unspecified atom stereocenters. The molecule has 0 bridgehead atoms. The summed E-state index contributed by atoms with van der Waals surface area (Å²) in [5, 5.41) is 27.9. The zero-order valence-corrected chi connectivity index (χ0v) is 47.9. The molecule has 0 radical (unpaired) electrons. The molecule has 430 valence electrons. The van der Waals surface area contributed by atoms with Crippen molar-refractivity contribution < 1.29 is 66.9 Å². The second kappa shape index (κ2) is 45.3. The van der Waals surface area contributed by atoms with Crippen molar-refractivity contribution in [3.05, 3.63) is 24.3 Å². The number of esters is 4. The van der Waals surface area contributed by atoms with Crippen LogP contribution in [0, 0.1) is 0 Å². The molecule has 0 saturated heterocycles. The predicted octanol–water partition coefficient (Wildman–Crippen LogP) is 9.12. The number of likely N-dealkylation sites (N-methyl/N-ethyl adjacent to an activating group) is 2. The number of nitrogens with one attached hydrogen (secondary N) is 2. The minimum atomic E-state index is -0.766. The van der Waals surface area contributed by atoms with Crippen LogP contribution in [0.1, 0.15) is 207 Å². The summed E-state index contributed by atoms with van der Waals surface area (Å²) in [7, 11) is 7.54. The van der Waals surface area contributed by atoms with Crippen LogP contribution < -0.4 is 10.6 Å². The molecule has 74 heavy (non-hydrogen) atoms. The predicted molar refractivity (Wildman–Crippen MR) is 294 cm³/mol. The summed E-state index contributed by atoms with van der Waals surface area (Å²) in [6.45, 7) is 10.0. The topological polar surface area (TPSA) is 204 Å². The van der Waals surface area contributed by atoms with Crippen LogP contribution in [0.2, 0.25) is 0 Å². The van der Waals surface area contributed by atoms with Gasteiger partial charge in [0.1, 0.15) is 38.5 Å². The first-order valence-corrected chi connectivity index (χ1v) is 28.8. The first kappa shape index (κ1) is 70.1. The van der Waals surface area contributed by atoms with E-state index < -0.39 is 24.4 Å². The zero-order chi connectivity index (χ0) is 55.3. The molecule has 0 aromatic rings. The van der Waals surface area contributed by atoms with Gasteiger partial charge in [-0.15, -0.1) is 0 Å². The Bertz CT molecular complexity index is 1440. The van der Waals surface area contributed by atoms with Gasteiger partial charge in [-0.25, -0.2) is 9.59 Å². The third-order valence-electron chi connectivity index (χ3n) is 13.1. The van der Waals surface area contributed by atoms with Gasteiger partial charge < -0.3 is 48.8 Å². The van der Waals surface area contributed by atoms with Gasteiger partial charge in [0.05, 0.1) is 40.4 Å². The Morgan fingerprint density at radius 1 is 0.473 bits per heavy atom. The number of ether oxygens (including phenoxy) is 4. The van der Waals surface area contributed by atoms with Crippen molar-refractivity contribution in [1.29, 1.82) is 0 Å². The Kier molecular flexibility index (Phi) is 43.0. The second-order valence-corrected chi connectivity index (χ2v) is 21.6. The van der Waals surface area contributed by atoms with Crippen LogP contribution in [0.3, 0.4) is 0 Å². The molecule has 4 N–H and O–H groups in total. The van der Waals surface area contributed by atoms with E-state index in [-0.39, 0.29) is 62.0 Å². The monoisotopic (exact) mass is 1050 g/mol. The number of carbonyl (C=O) groups excluding carboxylic acids is 6. The highest BCUT2D eigenvalue weighted by Crippen LogP contribution is 2.18. The minimum absolute atomic E-state index is 0.111. The molecule has 0 aromatic carbocycles. The van der Waals surface area contributed by atoms with Gasteiger partial charge in [-0.05, 0) is 89.9 Å². The highest BCUT2D eigenvalue weighted by molar-refractivity contribution is 5.76. The third kappa shape index (κ3) is 44.4. The van der Waals surface area contributed by atoms with Crippen LogP contribution in [-0.4, -0.2) is 160 Å².